The second kappa shape index (κ2) is 15.6. The lowest BCUT2D eigenvalue weighted by Crippen LogP contribution is -2.54. The van der Waals surface area contributed by atoms with Crippen molar-refractivity contribution in [1.82, 2.24) is 16.0 Å². The number of guanidine groups is 1. The largest absolute Gasteiger partial charge is 0.508 e. The summed E-state index contributed by atoms with van der Waals surface area (Å²) in [4.78, 5) is 53.4. The number of nitrogens with zero attached hydrogens (tertiary/aromatic N) is 1. The molecule has 0 radical (unpaired) electrons. The number of phenolic OH excluding ortho intramolecular Hbond substituents is 1. The number of nitrogens with one attached hydrogen (secondary N) is 3. The van der Waals surface area contributed by atoms with Crippen LogP contribution in [0.1, 0.15) is 24.0 Å². The lowest BCUT2D eigenvalue weighted by molar-refractivity contribution is -0.142. The molecule has 39 heavy (non-hydrogen) atoms. The molecule has 2 aromatic rings. The minimum absolute atomic E-state index is 0.0385. The smallest absolute Gasteiger partial charge is 0.326 e. The number of carbonyl (C=O) groups excluding carboxylic acids is 3. The number of carbonyl (C=O) groups is 4. The van der Waals surface area contributed by atoms with Crippen molar-refractivity contribution in [2.24, 2.45) is 22.2 Å². The molecule has 11 N–H and O–H groups in total. The molecule has 2 rings (SSSR count). The summed E-state index contributed by atoms with van der Waals surface area (Å²) < 4.78 is 0. The number of hydrogen-bond donors (Lipinski definition) is 8. The third-order valence-corrected chi connectivity index (χ3v) is 5.65. The number of nitrogens with two attached hydrogens (primary N) is 3. The number of rotatable bonds is 15. The molecular formula is C26H35N7O6. The molecule has 210 valence electrons. The highest BCUT2D eigenvalue weighted by Crippen LogP contribution is 2.12. The van der Waals surface area contributed by atoms with Crippen molar-refractivity contribution in [3.63, 3.8) is 0 Å². The van der Waals surface area contributed by atoms with Gasteiger partial charge in [-0.25, -0.2) is 4.79 Å². The molecule has 0 fully saturated rings. The van der Waals surface area contributed by atoms with Crippen molar-refractivity contribution < 1.29 is 29.4 Å². The molecule has 0 saturated heterocycles. The number of aromatic hydroxyl groups is 1. The summed E-state index contributed by atoms with van der Waals surface area (Å²) in [6, 6.07) is 12.0. The van der Waals surface area contributed by atoms with Gasteiger partial charge in [0.25, 0.3) is 0 Å². The van der Waals surface area contributed by atoms with Crippen molar-refractivity contribution in [3.8, 4) is 5.75 Å². The topological polar surface area (TPSA) is 235 Å². The van der Waals surface area contributed by atoms with Crippen LogP contribution < -0.4 is 33.2 Å². The van der Waals surface area contributed by atoms with Gasteiger partial charge in [0.05, 0.1) is 12.6 Å². The fourth-order valence-corrected chi connectivity index (χ4v) is 3.61. The zero-order valence-corrected chi connectivity index (χ0v) is 21.4. The summed E-state index contributed by atoms with van der Waals surface area (Å²) >= 11 is 0. The Labute approximate surface area is 225 Å². The van der Waals surface area contributed by atoms with Gasteiger partial charge in [-0.1, -0.05) is 42.5 Å². The summed E-state index contributed by atoms with van der Waals surface area (Å²) in [6.45, 7) is -0.321. The average molecular weight is 542 g/mol. The van der Waals surface area contributed by atoms with E-state index in [1.54, 1.807) is 12.1 Å². The van der Waals surface area contributed by atoms with Crippen molar-refractivity contribution in [2.75, 3.05) is 13.1 Å². The van der Waals surface area contributed by atoms with Crippen molar-refractivity contribution in [1.29, 1.82) is 0 Å². The molecule has 13 heteroatoms. The minimum atomic E-state index is -1.25. The lowest BCUT2D eigenvalue weighted by Gasteiger charge is -2.21. The van der Waals surface area contributed by atoms with E-state index >= 15 is 0 Å². The van der Waals surface area contributed by atoms with Crippen LogP contribution in [0.4, 0.5) is 0 Å². The molecule has 0 aliphatic heterocycles. The molecule has 3 unspecified atom stereocenters. The van der Waals surface area contributed by atoms with E-state index in [4.69, 9.17) is 17.2 Å². The molecule has 3 amide bonds. The molecular weight excluding hydrogens is 506 g/mol. The van der Waals surface area contributed by atoms with Crippen LogP contribution in [-0.4, -0.2) is 71.1 Å². The van der Waals surface area contributed by atoms with E-state index in [-0.39, 0.29) is 37.5 Å². The number of carboxylic acid groups (broad SMARTS) is 1. The Morgan fingerprint density at radius 2 is 1.49 bits per heavy atom. The lowest BCUT2D eigenvalue weighted by atomic mass is 10.0. The molecule has 0 saturated carbocycles. The second-order valence-electron chi connectivity index (χ2n) is 8.85. The molecule has 0 aliphatic rings. The zero-order chi connectivity index (χ0) is 28.8. The Balaban J connectivity index is 2.00. The normalized spacial score (nSPS) is 12.8. The molecule has 2 aromatic carbocycles. The average Bonchev–Trinajstić information content (AvgIpc) is 2.90. The summed E-state index contributed by atoms with van der Waals surface area (Å²) in [5, 5.41) is 26.3. The molecule has 0 spiro atoms. The van der Waals surface area contributed by atoms with Crippen LogP contribution in [0.25, 0.3) is 0 Å². The molecule has 0 aliphatic carbocycles. The van der Waals surface area contributed by atoms with E-state index in [1.165, 1.54) is 12.1 Å². The fraction of sp³-hybridized carbons (Fsp3) is 0.346. The molecule has 0 aromatic heterocycles. The van der Waals surface area contributed by atoms with Gasteiger partial charge in [-0.05, 0) is 42.5 Å². The first-order chi connectivity index (χ1) is 18.5. The van der Waals surface area contributed by atoms with Crippen LogP contribution in [0.5, 0.6) is 5.75 Å². The summed E-state index contributed by atoms with van der Waals surface area (Å²) in [7, 11) is 0. The Kier molecular flexibility index (Phi) is 12.2. The minimum Gasteiger partial charge on any atom is -0.508 e. The maximum atomic E-state index is 13.0. The first-order valence-corrected chi connectivity index (χ1v) is 12.3. The van der Waals surface area contributed by atoms with Gasteiger partial charge >= 0.3 is 5.97 Å². The van der Waals surface area contributed by atoms with Crippen LogP contribution in [0.3, 0.4) is 0 Å². The Bertz CT molecular complexity index is 1140. The van der Waals surface area contributed by atoms with Crippen molar-refractivity contribution >= 4 is 29.7 Å². The first kappa shape index (κ1) is 30.6. The monoisotopic (exact) mass is 541 g/mol. The number of hydrogen-bond acceptors (Lipinski definition) is 7. The van der Waals surface area contributed by atoms with Crippen LogP contribution in [0.15, 0.2) is 59.6 Å². The highest BCUT2D eigenvalue weighted by atomic mass is 16.4. The SMILES string of the molecule is NC(N)=NCCCC(NC(=O)CNC(=O)C(Cc1ccc(O)cc1)NC(=O)C(N)Cc1ccccc1)C(=O)O. The predicted molar refractivity (Wildman–Crippen MR) is 144 cm³/mol. The van der Waals surface area contributed by atoms with Gasteiger partial charge in [0.15, 0.2) is 5.96 Å². The van der Waals surface area contributed by atoms with E-state index in [0.717, 1.165) is 5.56 Å². The van der Waals surface area contributed by atoms with E-state index < -0.39 is 48.4 Å². The van der Waals surface area contributed by atoms with Gasteiger partial charge in [-0.15, -0.1) is 0 Å². The Morgan fingerprint density at radius 1 is 0.846 bits per heavy atom. The van der Waals surface area contributed by atoms with Crippen LogP contribution >= 0.6 is 0 Å². The molecule has 13 nitrogen and oxygen atoms in total. The van der Waals surface area contributed by atoms with Crippen LogP contribution in [-0.2, 0) is 32.0 Å². The van der Waals surface area contributed by atoms with E-state index in [0.29, 0.717) is 12.0 Å². The number of phenols is 1. The number of amides is 3. The quantitative estimate of drug-likeness (QED) is 0.0761. The standard InChI is InChI=1S/C26H35N7O6/c27-19(13-16-5-2-1-3-6-16)23(36)33-21(14-17-8-10-18(34)11-9-17)24(37)31-15-22(35)32-20(25(38)39)7-4-12-30-26(28)29/h1-3,5-6,8-11,19-21,34H,4,7,12-15,27H2,(H,31,37)(H,32,35)(H,33,36)(H,38,39)(H4,28,29,30). The maximum absolute atomic E-state index is 13.0. The Hall–Kier alpha value is -4.65. The summed E-state index contributed by atoms with van der Waals surface area (Å²) in [5.74, 6) is -3.29. The molecule has 0 bridgehead atoms. The highest BCUT2D eigenvalue weighted by Gasteiger charge is 2.26. The van der Waals surface area contributed by atoms with Gasteiger partial charge in [-0.2, -0.15) is 0 Å². The van der Waals surface area contributed by atoms with Crippen LogP contribution in [0, 0.1) is 0 Å². The number of carboxylic acids is 1. The predicted octanol–water partition coefficient (Wildman–Crippen LogP) is -1.27. The Morgan fingerprint density at radius 3 is 2.10 bits per heavy atom. The van der Waals surface area contributed by atoms with Gasteiger partial charge in [0.1, 0.15) is 17.8 Å². The number of aliphatic carboxylic acids is 1. The van der Waals surface area contributed by atoms with E-state index in [1.807, 2.05) is 30.3 Å². The third kappa shape index (κ3) is 11.5. The number of aliphatic imine (C=N–C) groups is 1. The van der Waals surface area contributed by atoms with Crippen LogP contribution in [0.2, 0.25) is 0 Å². The van der Waals surface area contributed by atoms with E-state index in [2.05, 4.69) is 20.9 Å². The molecule has 0 heterocycles. The summed E-state index contributed by atoms with van der Waals surface area (Å²) in [6.07, 6.45) is 0.693. The second-order valence-corrected chi connectivity index (χ2v) is 8.85. The molecule has 3 atom stereocenters. The van der Waals surface area contributed by atoms with E-state index in [9.17, 15) is 29.4 Å². The maximum Gasteiger partial charge on any atom is 0.326 e. The van der Waals surface area contributed by atoms with Crippen molar-refractivity contribution in [3.05, 3.63) is 65.7 Å². The van der Waals surface area contributed by atoms with Crippen molar-refractivity contribution in [2.45, 2.75) is 43.8 Å². The van der Waals surface area contributed by atoms with Gasteiger partial charge in [-0.3, -0.25) is 19.4 Å². The summed E-state index contributed by atoms with van der Waals surface area (Å²) in [5.41, 5.74) is 18.0. The van der Waals surface area contributed by atoms with Gasteiger partial charge < -0.3 is 43.4 Å². The third-order valence-electron chi connectivity index (χ3n) is 5.65. The number of benzene rings is 2. The first-order valence-electron chi connectivity index (χ1n) is 12.3. The highest BCUT2D eigenvalue weighted by molar-refractivity contribution is 5.92. The fourth-order valence-electron chi connectivity index (χ4n) is 3.61. The zero-order valence-electron chi connectivity index (χ0n) is 21.4. The van der Waals surface area contributed by atoms with Gasteiger partial charge in [0.2, 0.25) is 17.7 Å². The van der Waals surface area contributed by atoms with Gasteiger partial charge in [0, 0.05) is 13.0 Å².